The van der Waals surface area contributed by atoms with E-state index in [1.165, 1.54) is 0 Å². The van der Waals surface area contributed by atoms with Crippen LogP contribution in [0.4, 0.5) is 0 Å². The predicted molar refractivity (Wildman–Crippen MR) is 111 cm³/mol. The molecule has 0 radical (unpaired) electrons. The smallest absolute Gasteiger partial charge is 0.210 e. The van der Waals surface area contributed by atoms with Crippen LogP contribution in [-0.4, -0.2) is 27.7 Å². The lowest BCUT2D eigenvalue weighted by Crippen LogP contribution is -2.20. The molecule has 152 valence electrons. The zero-order valence-corrected chi connectivity index (χ0v) is 18.4. The van der Waals surface area contributed by atoms with Crippen LogP contribution < -0.4 is 4.74 Å². The molecular weight excluding hydrogens is 372 g/mol. The number of epoxide rings is 1. The molecule has 0 saturated carbocycles. The van der Waals surface area contributed by atoms with Crippen LogP contribution in [0.2, 0.25) is 0 Å². The molecule has 4 nitrogen and oxygen atoms in total. The molecule has 5 heteroatoms. The van der Waals surface area contributed by atoms with E-state index >= 15 is 0 Å². The summed E-state index contributed by atoms with van der Waals surface area (Å²) in [4.78, 5) is 0.554. The third-order valence-electron chi connectivity index (χ3n) is 4.91. The van der Waals surface area contributed by atoms with Crippen LogP contribution >= 0.6 is 0 Å². The quantitative estimate of drug-likeness (QED) is 0.668. The third kappa shape index (κ3) is 4.41. The first-order chi connectivity index (χ1) is 12.9. The number of hydrogen-bond acceptors (Lipinski definition) is 4. The van der Waals surface area contributed by atoms with E-state index in [4.69, 9.17) is 9.47 Å². The van der Waals surface area contributed by atoms with Crippen LogP contribution in [-0.2, 0) is 25.4 Å². The van der Waals surface area contributed by atoms with Crippen molar-refractivity contribution >= 4 is 9.84 Å². The van der Waals surface area contributed by atoms with Crippen molar-refractivity contribution < 1.29 is 17.9 Å². The van der Waals surface area contributed by atoms with Gasteiger partial charge in [0.2, 0.25) is 9.84 Å². The Morgan fingerprint density at radius 2 is 1.61 bits per heavy atom. The zero-order chi connectivity index (χ0) is 20.7. The molecule has 2 aromatic carbocycles. The normalized spacial score (nSPS) is 17.4. The fourth-order valence-corrected chi connectivity index (χ4v) is 4.92. The molecule has 1 heterocycles. The van der Waals surface area contributed by atoms with Gasteiger partial charge in [0.15, 0.2) is 0 Å². The fourth-order valence-electron chi connectivity index (χ4n) is 3.09. The van der Waals surface area contributed by atoms with E-state index in [0.29, 0.717) is 23.9 Å². The molecule has 0 aliphatic carbocycles. The third-order valence-corrected chi connectivity index (χ3v) is 6.74. The molecule has 2 aromatic rings. The lowest BCUT2D eigenvalue weighted by atomic mass is 9.82. The summed E-state index contributed by atoms with van der Waals surface area (Å²) in [7, 11) is -3.76. The number of para-hydroxylation sites is 1. The molecule has 1 unspecified atom stereocenters. The minimum absolute atomic E-state index is 0.0603. The second kappa shape index (κ2) is 7.20. The van der Waals surface area contributed by atoms with Crippen LogP contribution in [0.3, 0.4) is 0 Å². The van der Waals surface area contributed by atoms with Gasteiger partial charge < -0.3 is 9.47 Å². The Morgan fingerprint density at radius 1 is 0.964 bits per heavy atom. The number of benzene rings is 2. The Hall–Kier alpha value is -1.85. The molecule has 0 N–H and O–H groups in total. The van der Waals surface area contributed by atoms with Gasteiger partial charge in [-0.15, -0.1) is 0 Å². The van der Waals surface area contributed by atoms with E-state index in [1.807, 2.05) is 39.0 Å². The van der Waals surface area contributed by atoms with E-state index in [9.17, 15) is 8.42 Å². The number of ether oxygens (including phenoxy) is 2. The Balaban J connectivity index is 2.15. The van der Waals surface area contributed by atoms with Gasteiger partial charge in [0.25, 0.3) is 0 Å². The summed E-state index contributed by atoms with van der Waals surface area (Å²) >= 11 is 0. The van der Waals surface area contributed by atoms with Gasteiger partial charge in [-0.25, -0.2) is 8.42 Å². The highest BCUT2D eigenvalue weighted by Gasteiger charge is 2.31. The maximum atomic E-state index is 13.8. The lowest BCUT2D eigenvalue weighted by Gasteiger charge is -2.27. The molecule has 1 saturated heterocycles. The fraction of sp³-hybridized carbons (Fsp3) is 0.478. The minimum Gasteiger partial charge on any atom is -0.489 e. The van der Waals surface area contributed by atoms with E-state index in [-0.39, 0.29) is 21.8 Å². The summed E-state index contributed by atoms with van der Waals surface area (Å²) < 4.78 is 38.5. The monoisotopic (exact) mass is 402 g/mol. The Bertz CT molecular complexity index is 959. The van der Waals surface area contributed by atoms with Crippen molar-refractivity contribution in [3.8, 4) is 5.75 Å². The summed E-state index contributed by atoms with van der Waals surface area (Å²) in [5, 5.41) is 0. The van der Waals surface area contributed by atoms with Gasteiger partial charge in [-0.2, -0.15) is 0 Å². The summed E-state index contributed by atoms with van der Waals surface area (Å²) in [5.41, 5.74) is 1.33. The molecule has 1 aliphatic heterocycles. The number of sulfone groups is 1. The van der Waals surface area contributed by atoms with Gasteiger partial charge in [-0.3, -0.25) is 0 Å². The molecule has 0 amide bonds. The average molecular weight is 403 g/mol. The van der Waals surface area contributed by atoms with Crippen molar-refractivity contribution in [2.45, 2.75) is 68.3 Å². The topological polar surface area (TPSA) is 55.9 Å². The van der Waals surface area contributed by atoms with E-state index in [2.05, 4.69) is 20.8 Å². The number of hydrogen-bond donors (Lipinski definition) is 0. The predicted octanol–water partition coefficient (Wildman–Crippen LogP) is 4.89. The van der Waals surface area contributed by atoms with E-state index in [1.54, 1.807) is 24.3 Å². The Morgan fingerprint density at radius 3 is 2.18 bits per heavy atom. The van der Waals surface area contributed by atoms with E-state index in [0.717, 1.165) is 11.1 Å². The molecule has 1 fully saturated rings. The average Bonchev–Trinajstić information content (AvgIpc) is 3.42. The SMILES string of the molecule is CC(C)(C)c1ccc(C(C)(C)C)c(S(=O)(=O)c2ccccc2OCC2CO2)c1. The molecular formula is C23H30O4S. The van der Waals surface area contributed by atoms with Crippen LogP contribution in [0.25, 0.3) is 0 Å². The largest absolute Gasteiger partial charge is 0.489 e. The summed E-state index contributed by atoms with van der Waals surface area (Å²) in [5.74, 6) is 0.374. The molecule has 0 aromatic heterocycles. The maximum absolute atomic E-state index is 13.8. The Kier molecular flexibility index (Phi) is 5.36. The second-order valence-electron chi connectivity index (χ2n) is 9.43. The van der Waals surface area contributed by atoms with Gasteiger partial charge in [0, 0.05) is 0 Å². The molecule has 3 rings (SSSR count). The van der Waals surface area contributed by atoms with Gasteiger partial charge >= 0.3 is 0 Å². The van der Waals surface area contributed by atoms with Crippen molar-refractivity contribution in [3.63, 3.8) is 0 Å². The first kappa shape index (κ1) is 20.9. The lowest BCUT2D eigenvalue weighted by molar-refractivity contribution is 0.258. The van der Waals surface area contributed by atoms with Gasteiger partial charge in [0.1, 0.15) is 23.4 Å². The Labute approximate surface area is 168 Å². The summed E-state index contributed by atoms with van der Waals surface area (Å²) in [6.07, 6.45) is 0.0603. The highest BCUT2D eigenvalue weighted by Crippen LogP contribution is 2.38. The minimum atomic E-state index is -3.76. The van der Waals surface area contributed by atoms with Crippen molar-refractivity contribution in [3.05, 3.63) is 53.6 Å². The zero-order valence-electron chi connectivity index (χ0n) is 17.6. The highest BCUT2D eigenvalue weighted by atomic mass is 32.2. The summed E-state index contributed by atoms with van der Waals surface area (Å²) in [6, 6.07) is 12.7. The summed E-state index contributed by atoms with van der Waals surface area (Å²) in [6.45, 7) is 13.4. The first-order valence-corrected chi connectivity index (χ1v) is 11.1. The molecule has 28 heavy (non-hydrogen) atoms. The van der Waals surface area contributed by atoms with Crippen LogP contribution in [0, 0.1) is 0 Å². The second-order valence-corrected chi connectivity index (χ2v) is 11.3. The van der Waals surface area contributed by atoms with Crippen molar-refractivity contribution in [2.24, 2.45) is 0 Å². The van der Waals surface area contributed by atoms with Gasteiger partial charge in [0.05, 0.1) is 11.5 Å². The van der Waals surface area contributed by atoms with Gasteiger partial charge in [-0.05, 0) is 40.2 Å². The van der Waals surface area contributed by atoms with Crippen molar-refractivity contribution in [2.75, 3.05) is 13.2 Å². The highest BCUT2D eigenvalue weighted by molar-refractivity contribution is 7.91. The van der Waals surface area contributed by atoms with E-state index < -0.39 is 9.84 Å². The van der Waals surface area contributed by atoms with Gasteiger partial charge in [-0.1, -0.05) is 65.8 Å². The molecule has 0 bridgehead atoms. The first-order valence-electron chi connectivity index (χ1n) is 9.64. The standard InChI is InChI=1S/C23H30O4S/c1-22(2,3)16-11-12-18(23(4,5)6)21(13-16)28(24,25)20-10-8-7-9-19(20)27-15-17-14-26-17/h7-13,17H,14-15H2,1-6H3. The number of rotatable bonds is 5. The van der Waals surface area contributed by atoms with Crippen LogP contribution in [0.1, 0.15) is 52.7 Å². The van der Waals surface area contributed by atoms with Crippen LogP contribution in [0.15, 0.2) is 52.3 Å². The maximum Gasteiger partial charge on any atom is 0.210 e. The van der Waals surface area contributed by atoms with Crippen molar-refractivity contribution in [1.29, 1.82) is 0 Å². The molecule has 0 spiro atoms. The molecule has 1 atom stereocenters. The molecule has 1 aliphatic rings. The van der Waals surface area contributed by atoms with Crippen molar-refractivity contribution in [1.82, 2.24) is 0 Å². The van der Waals surface area contributed by atoms with Crippen LogP contribution in [0.5, 0.6) is 5.75 Å².